The number of carbonyl (C=O) groups is 6. The lowest BCUT2D eigenvalue weighted by molar-refractivity contribution is -0.134. The van der Waals surface area contributed by atoms with Gasteiger partial charge in [0.15, 0.2) is 0 Å². The number of amides is 8. The Kier molecular flexibility index (Phi) is 16.2. The second-order valence-electron chi connectivity index (χ2n) is 21.8. The molecule has 4 fully saturated rings. The average molecular weight is 983 g/mol. The first-order chi connectivity index (χ1) is 34.1. The Hall–Kier alpha value is -6.37. The lowest BCUT2D eigenvalue weighted by atomic mass is 9.80. The largest absolute Gasteiger partial charge is 0.332 e. The predicted octanol–water partition coefficient (Wildman–Crippen LogP) is 13.2. The summed E-state index contributed by atoms with van der Waals surface area (Å²) >= 11 is 0. The standard InChI is InChI=1S/C30H39N3O3.C29H36FN3O3/c1-19(2)23-11-10-12-24(20(3)4)27(23)31-26(34)18-32-28(35)30(15-8-7-9-16-30)33(29(32)36)25-14-13-21(5)17-22(25)6;1-18(2)22-10-9-11-23(19(3)4)26(22)31-25(34)17-32-27(35)29(14-7-6-8-15-29)33(28(32)36)21-13-12-20(5)24(30)16-21/h10-14,17,19-20H,7-9,15-16,18H2,1-6H3,(H,31,34);9-13,16,18-19H,6-8,14-15,17H2,1-5H3,(H,31,34). The zero-order valence-corrected chi connectivity index (χ0v) is 44.3. The van der Waals surface area contributed by atoms with E-state index in [9.17, 15) is 33.2 Å². The molecule has 2 saturated heterocycles. The molecule has 0 bridgehead atoms. The Bertz CT molecular complexity index is 2680. The third-order valence-electron chi connectivity index (χ3n) is 15.2. The SMILES string of the molecule is Cc1ccc(N2C(=O)N(CC(=O)Nc3c(C(C)C)cccc3C(C)C)C(=O)C23CCCCC3)c(C)c1.Cc1ccc(N2C(=O)N(CC(=O)Nc3c(C(C)C)cccc3C(C)C)C(=O)C23CCCCC3)cc1F. The number of urea groups is 2. The van der Waals surface area contributed by atoms with Crippen LogP contribution in [0.25, 0.3) is 0 Å². The van der Waals surface area contributed by atoms with E-state index in [0.29, 0.717) is 36.9 Å². The van der Waals surface area contributed by atoms with Gasteiger partial charge in [-0.25, -0.2) is 14.0 Å². The van der Waals surface area contributed by atoms with Gasteiger partial charge < -0.3 is 10.6 Å². The minimum atomic E-state index is -1.07. The van der Waals surface area contributed by atoms with Crippen LogP contribution in [0.15, 0.2) is 72.8 Å². The third-order valence-corrected chi connectivity index (χ3v) is 15.2. The summed E-state index contributed by atoms with van der Waals surface area (Å²) in [6.45, 7) is 21.6. The van der Waals surface area contributed by atoms with Crippen molar-refractivity contribution in [3.05, 3.63) is 118 Å². The molecule has 13 heteroatoms. The van der Waals surface area contributed by atoms with Gasteiger partial charge in [0.2, 0.25) is 11.8 Å². The Balaban J connectivity index is 0.000000211. The van der Waals surface area contributed by atoms with Gasteiger partial charge in [-0.15, -0.1) is 0 Å². The van der Waals surface area contributed by atoms with Gasteiger partial charge in [0.25, 0.3) is 11.8 Å². The maximum Gasteiger partial charge on any atom is 0.332 e. The van der Waals surface area contributed by atoms with Crippen LogP contribution in [0.1, 0.15) is 182 Å². The fourth-order valence-corrected chi connectivity index (χ4v) is 11.4. The monoisotopic (exact) mass is 983 g/mol. The predicted molar refractivity (Wildman–Crippen MR) is 284 cm³/mol. The van der Waals surface area contributed by atoms with Crippen LogP contribution >= 0.6 is 0 Å². The van der Waals surface area contributed by atoms with E-state index in [1.165, 1.54) is 15.9 Å². The second kappa shape index (κ2) is 21.8. The molecule has 2 N–H and O–H groups in total. The molecule has 4 aromatic rings. The molecule has 0 radical (unpaired) electrons. The first-order valence-corrected chi connectivity index (χ1v) is 26.1. The summed E-state index contributed by atoms with van der Waals surface area (Å²) in [6, 6.07) is 21.6. The van der Waals surface area contributed by atoms with Gasteiger partial charge in [-0.3, -0.25) is 38.8 Å². The zero-order chi connectivity index (χ0) is 52.4. The van der Waals surface area contributed by atoms with E-state index in [-0.39, 0.29) is 54.5 Å². The summed E-state index contributed by atoms with van der Waals surface area (Å²) in [5.41, 5.74) is 7.33. The number of nitrogens with zero attached hydrogens (tertiary/aromatic N) is 4. The van der Waals surface area contributed by atoms with Gasteiger partial charge in [-0.2, -0.15) is 0 Å². The van der Waals surface area contributed by atoms with Crippen LogP contribution in [0.5, 0.6) is 0 Å². The van der Waals surface area contributed by atoms with E-state index < -0.39 is 34.9 Å². The maximum atomic E-state index is 14.5. The third kappa shape index (κ3) is 10.3. The number of nitrogens with one attached hydrogen (secondary N) is 2. The van der Waals surface area contributed by atoms with Crippen LogP contribution in [0.4, 0.5) is 36.7 Å². The van der Waals surface area contributed by atoms with Crippen molar-refractivity contribution in [2.75, 3.05) is 33.5 Å². The average Bonchev–Trinajstić information content (AvgIpc) is 3.63. The van der Waals surface area contributed by atoms with E-state index in [4.69, 9.17) is 0 Å². The molecule has 2 aliphatic heterocycles. The van der Waals surface area contributed by atoms with Gasteiger partial charge in [-0.1, -0.05) is 154 Å². The van der Waals surface area contributed by atoms with Crippen molar-refractivity contribution < 1.29 is 33.2 Å². The first kappa shape index (κ1) is 53.4. The first-order valence-electron chi connectivity index (χ1n) is 26.1. The smallest absolute Gasteiger partial charge is 0.324 e. The lowest BCUT2D eigenvalue weighted by Gasteiger charge is -2.38. The summed E-state index contributed by atoms with van der Waals surface area (Å²) in [5.74, 6) is -0.999. The topological polar surface area (TPSA) is 139 Å². The minimum Gasteiger partial charge on any atom is -0.324 e. The van der Waals surface area contributed by atoms with Crippen molar-refractivity contribution in [1.82, 2.24) is 9.80 Å². The molecule has 0 unspecified atom stereocenters. The molecule has 2 saturated carbocycles. The van der Waals surface area contributed by atoms with Crippen LogP contribution in [0.3, 0.4) is 0 Å². The maximum absolute atomic E-state index is 14.5. The molecule has 4 aliphatic rings. The van der Waals surface area contributed by atoms with Crippen molar-refractivity contribution in [3.8, 4) is 0 Å². The summed E-state index contributed by atoms with van der Waals surface area (Å²) in [6.07, 6.45) is 7.63. The van der Waals surface area contributed by atoms with Crippen molar-refractivity contribution in [1.29, 1.82) is 0 Å². The fourth-order valence-electron chi connectivity index (χ4n) is 11.4. The number of hydrogen-bond donors (Lipinski definition) is 2. The van der Waals surface area contributed by atoms with E-state index in [0.717, 1.165) is 93.9 Å². The number of benzene rings is 4. The molecule has 0 aromatic heterocycles. The van der Waals surface area contributed by atoms with Crippen molar-refractivity contribution in [2.45, 2.75) is 175 Å². The number of carbonyl (C=O) groups excluding carboxylic acids is 6. The van der Waals surface area contributed by atoms with Crippen LogP contribution in [0.2, 0.25) is 0 Å². The van der Waals surface area contributed by atoms with Gasteiger partial charge in [0.05, 0.1) is 0 Å². The van der Waals surface area contributed by atoms with Gasteiger partial charge in [0.1, 0.15) is 30.0 Å². The van der Waals surface area contributed by atoms with Crippen molar-refractivity contribution in [3.63, 3.8) is 0 Å². The van der Waals surface area contributed by atoms with Crippen LogP contribution < -0.4 is 20.4 Å². The number of anilines is 4. The highest BCUT2D eigenvalue weighted by molar-refractivity contribution is 6.20. The quantitative estimate of drug-likeness (QED) is 0.136. The number of halogens is 1. The number of para-hydroxylation sites is 2. The minimum absolute atomic E-state index is 0.187. The summed E-state index contributed by atoms with van der Waals surface area (Å²) < 4.78 is 14.5. The Morgan fingerprint density at radius 1 is 0.528 bits per heavy atom. The lowest BCUT2D eigenvalue weighted by Crippen LogP contribution is -2.51. The van der Waals surface area contributed by atoms with Gasteiger partial charge >= 0.3 is 12.1 Å². The van der Waals surface area contributed by atoms with Crippen LogP contribution in [-0.4, -0.2) is 69.7 Å². The molecule has 384 valence electrons. The molecule has 72 heavy (non-hydrogen) atoms. The Morgan fingerprint density at radius 3 is 1.32 bits per heavy atom. The molecule has 12 nitrogen and oxygen atoms in total. The van der Waals surface area contributed by atoms with E-state index in [1.807, 2.05) is 68.4 Å². The highest BCUT2D eigenvalue weighted by Gasteiger charge is 2.59. The van der Waals surface area contributed by atoms with E-state index in [1.54, 1.807) is 24.0 Å². The zero-order valence-electron chi connectivity index (χ0n) is 44.3. The van der Waals surface area contributed by atoms with Gasteiger partial charge in [0, 0.05) is 22.7 Å². The molecule has 8 rings (SSSR count). The number of hydrogen-bond acceptors (Lipinski definition) is 6. The molecular formula is C59H75FN6O6. The molecule has 0 atom stereocenters. The normalized spacial score (nSPS) is 17.6. The molecule has 4 aromatic carbocycles. The van der Waals surface area contributed by atoms with Crippen molar-refractivity contribution >= 4 is 58.4 Å². The highest BCUT2D eigenvalue weighted by Crippen LogP contribution is 2.46. The fraction of sp³-hybridized carbons (Fsp3) is 0.492. The molecule has 8 amide bonds. The summed E-state index contributed by atoms with van der Waals surface area (Å²) in [4.78, 5) is 87.1. The molecule has 2 aliphatic carbocycles. The number of rotatable bonds is 12. The van der Waals surface area contributed by atoms with Crippen molar-refractivity contribution in [2.24, 2.45) is 0 Å². The molecular weight excluding hydrogens is 908 g/mol. The second-order valence-corrected chi connectivity index (χ2v) is 21.8. The number of aryl methyl sites for hydroxylation is 3. The Morgan fingerprint density at radius 2 is 0.931 bits per heavy atom. The number of imide groups is 2. The molecule has 2 heterocycles. The van der Waals surface area contributed by atoms with Gasteiger partial charge in [-0.05, 0) is 122 Å². The summed E-state index contributed by atoms with van der Waals surface area (Å²) in [5, 5.41) is 6.08. The van der Waals surface area contributed by atoms with Crippen LogP contribution in [-0.2, 0) is 19.2 Å². The van der Waals surface area contributed by atoms with E-state index in [2.05, 4.69) is 66.0 Å². The molecule has 2 spiro atoms. The Labute approximate surface area is 426 Å². The summed E-state index contributed by atoms with van der Waals surface area (Å²) in [7, 11) is 0. The van der Waals surface area contributed by atoms with Crippen LogP contribution in [0, 0.1) is 26.6 Å². The van der Waals surface area contributed by atoms with E-state index >= 15 is 0 Å². The highest BCUT2D eigenvalue weighted by atomic mass is 19.1.